The number of oxazole rings is 1. The minimum Gasteiger partial charge on any atom is -0.444 e. The van der Waals surface area contributed by atoms with E-state index in [0.29, 0.717) is 34.3 Å². The molecule has 2 aromatic rings. The van der Waals surface area contributed by atoms with E-state index in [1.54, 1.807) is 27.7 Å². The lowest BCUT2D eigenvalue weighted by Gasteiger charge is -2.05. The average Bonchev–Trinajstić information content (AvgIpc) is 2.86. The van der Waals surface area contributed by atoms with Crippen molar-refractivity contribution in [1.82, 2.24) is 20.1 Å². The van der Waals surface area contributed by atoms with E-state index in [1.165, 1.54) is 0 Å². The van der Waals surface area contributed by atoms with E-state index in [-0.39, 0.29) is 12.5 Å². The van der Waals surface area contributed by atoms with Crippen molar-refractivity contribution in [1.29, 1.82) is 0 Å². The number of carbonyl (C=O) groups is 1. The third-order valence-electron chi connectivity index (χ3n) is 3.33. The summed E-state index contributed by atoms with van der Waals surface area (Å²) in [7, 11) is 0. The van der Waals surface area contributed by atoms with Crippen LogP contribution in [-0.2, 0) is 13.1 Å². The summed E-state index contributed by atoms with van der Waals surface area (Å²) in [5, 5.41) is 6.69. The molecule has 0 spiro atoms. The Kier molecular flexibility index (Phi) is 4.58. The van der Waals surface area contributed by atoms with Gasteiger partial charge in [-0.3, -0.25) is 9.48 Å². The lowest BCUT2D eigenvalue weighted by atomic mass is 10.2. The molecule has 0 aromatic carbocycles. The second-order valence-corrected chi connectivity index (χ2v) is 5.04. The van der Waals surface area contributed by atoms with Gasteiger partial charge in [-0.15, -0.1) is 0 Å². The fourth-order valence-corrected chi connectivity index (χ4v) is 2.32. The number of nitrogens with zero attached hydrogens (tertiary/aromatic N) is 3. The maximum absolute atomic E-state index is 12.5. The molecule has 2 aromatic heterocycles. The monoisotopic (exact) mass is 312 g/mol. The van der Waals surface area contributed by atoms with Crippen LogP contribution in [0.1, 0.15) is 39.1 Å². The molecule has 0 aliphatic carbocycles. The van der Waals surface area contributed by atoms with Crippen LogP contribution in [0.2, 0.25) is 0 Å². The highest BCUT2D eigenvalue weighted by Gasteiger charge is 2.20. The molecule has 0 unspecified atom stereocenters. The number of rotatable bonds is 5. The highest BCUT2D eigenvalue weighted by Crippen LogP contribution is 2.15. The predicted molar refractivity (Wildman–Crippen MR) is 74.9 cm³/mol. The van der Waals surface area contributed by atoms with Gasteiger partial charge in [-0.25, -0.2) is 13.8 Å². The second-order valence-electron chi connectivity index (χ2n) is 5.04. The van der Waals surface area contributed by atoms with Crippen molar-refractivity contribution in [2.75, 3.05) is 0 Å². The summed E-state index contributed by atoms with van der Waals surface area (Å²) in [6, 6.07) is 0. The van der Waals surface area contributed by atoms with Gasteiger partial charge in [0.05, 0.1) is 23.5 Å². The van der Waals surface area contributed by atoms with E-state index in [9.17, 15) is 13.6 Å². The zero-order valence-corrected chi connectivity index (χ0v) is 12.9. The van der Waals surface area contributed by atoms with Crippen LogP contribution in [0.5, 0.6) is 0 Å². The van der Waals surface area contributed by atoms with Crippen molar-refractivity contribution in [3.63, 3.8) is 0 Å². The first-order valence-electron chi connectivity index (χ1n) is 6.82. The van der Waals surface area contributed by atoms with E-state index < -0.39 is 13.0 Å². The second kappa shape index (κ2) is 6.25. The molecule has 0 radical (unpaired) electrons. The third kappa shape index (κ3) is 3.32. The topological polar surface area (TPSA) is 73.0 Å². The Morgan fingerprint density at radius 3 is 2.50 bits per heavy atom. The zero-order chi connectivity index (χ0) is 16.4. The highest BCUT2D eigenvalue weighted by molar-refractivity contribution is 5.96. The van der Waals surface area contributed by atoms with Crippen LogP contribution in [-0.4, -0.2) is 27.1 Å². The summed E-state index contributed by atoms with van der Waals surface area (Å²) in [5.41, 5.74) is 1.86. The van der Waals surface area contributed by atoms with Gasteiger partial charge in [-0.05, 0) is 20.8 Å². The molecule has 6 nitrogen and oxygen atoms in total. The SMILES string of the molecule is Cc1nc(C)c(CNC(=O)c2c(C)nn(CC(F)F)c2C)o1. The van der Waals surface area contributed by atoms with Crippen LogP contribution < -0.4 is 5.32 Å². The van der Waals surface area contributed by atoms with Crippen LogP contribution in [0, 0.1) is 27.7 Å². The van der Waals surface area contributed by atoms with Gasteiger partial charge in [-0.2, -0.15) is 5.10 Å². The number of amides is 1. The number of hydrogen-bond donors (Lipinski definition) is 1. The molecule has 1 N–H and O–H groups in total. The Hall–Kier alpha value is -2.25. The highest BCUT2D eigenvalue weighted by atomic mass is 19.3. The molecule has 2 heterocycles. The molecule has 0 bridgehead atoms. The van der Waals surface area contributed by atoms with Crippen LogP contribution in [0.4, 0.5) is 8.78 Å². The van der Waals surface area contributed by atoms with Crippen molar-refractivity contribution in [2.45, 2.75) is 47.2 Å². The molecule has 0 fully saturated rings. The van der Waals surface area contributed by atoms with Gasteiger partial charge in [0.15, 0.2) is 5.89 Å². The Morgan fingerprint density at radius 2 is 1.95 bits per heavy atom. The Morgan fingerprint density at radius 1 is 1.27 bits per heavy atom. The van der Waals surface area contributed by atoms with Crippen molar-refractivity contribution < 1.29 is 18.0 Å². The largest absolute Gasteiger partial charge is 0.444 e. The lowest BCUT2D eigenvalue weighted by molar-refractivity contribution is 0.0944. The standard InChI is InChI=1S/C14H18F2N4O2/c1-7-11(22-10(4)18-7)5-17-14(21)13-8(2)19-20(9(13)3)6-12(15)16/h12H,5-6H2,1-4H3,(H,17,21). The molecule has 0 saturated carbocycles. The Bertz CT molecular complexity index is 691. The molecule has 2 rings (SSSR count). The van der Waals surface area contributed by atoms with Gasteiger partial charge in [0.25, 0.3) is 12.3 Å². The average molecular weight is 312 g/mol. The molecule has 0 saturated heterocycles. The first-order valence-corrected chi connectivity index (χ1v) is 6.82. The third-order valence-corrected chi connectivity index (χ3v) is 3.33. The maximum Gasteiger partial charge on any atom is 0.257 e. The van der Waals surface area contributed by atoms with Gasteiger partial charge < -0.3 is 9.73 Å². The molecular weight excluding hydrogens is 294 g/mol. The van der Waals surface area contributed by atoms with Gasteiger partial charge in [0, 0.05) is 12.6 Å². The molecule has 22 heavy (non-hydrogen) atoms. The number of carbonyl (C=O) groups excluding carboxylic acids is 1. The fourth-order valence-electron chi connectivity index (χ4n) is 2.32. The zero-order valence-electron chi connectivity index (χ0n) is 12.9. The van der Waals surface area contributed by atoms with E-state index in [4.69, 9.17) is 4.42 Å². The summed E-state index contributed by atoms with van der Waals surface area (Å²) >= 11 is 0. The van der Waals surface area contributed by atoms with Crippen LogP contribution in [0.25, 0.3) is 0 Å². The molecule has 1 amide bonds. The van der Waals surface area contributed by atoms with E-state index in [0.717, 1.165) is 4.68 Å². The van der Waals surface area contributed by atoms with E-state index >= 15 is 0 Å². The Balaban J connectivity index is 2.12. The number of alkyl halides is 2. The lowest BCUT2D eigenvalue weighted by Crippen LogP contribution is -2.24. The van der Waals surface area contributed by atoms with Crippen LogP contribution in [0.15, 0.2) is 4.42 Å². The quantitative estimate of drug-likeness (QED) is 0.919. The number of aromatic nitrogens is 3. The number of hydrogen-bond acceptors (Lipinski definition) is 4. The van der Waals surface area contributed by atoms with Crippen molar-refractivity contribution in [2.24, 2.45) is 0 Å². The van der Waals surface area contributed by atoms with Gasteiger partial charge in [-0.1, -0.05) is 0 Å². The van der Waals surface area contributed by atoms with Crippen LogP contribution in [0.3, 0.4) is 0 Å². The Labute approximate surface area is 126 Å². The summed E-state index contributed by atoms with van der Waals surface area (Å²) in [6.45, 7) is 6.38. The van der Waals surface area contributed by atoms with Gasteiger partial charge in [0.1, 0.15) is 12.3 Å². The van der Waals surface area contributed by atoms with E-state index in [1.807, 2.05) is 0 Å². The minimum absolute atomic E-state index is 0.185. The molecule has 0 atom stereocenters. The number of aryl methyl sites for hydroxylation is 3. The predicted octanol–water partition coefficient (Wildman–Crippen LogP) is 2.30. The van der Waals surface area contributed by atoms with Gasteiger partial charge in [0.2, 0.25) is 0 Å². The summed E-state index contributed by atoms with van der Waals surface area (Å²) in [6.07, 6.45) is -2.52. The van der Waals surface area contributed by atoms with Gasteiger partial charge >= 0.3 is 0 Å². The molecular formula is C14H18F2N4O2. The molecule has 0 aliphatic heterocycles. The van der Waals surface area contributed by atoms with Crippen molar-refractivity contribution >= 4 is 5.91 Å². The van der Waals surface area contributed by atoms with Crippen molar-refractivity contribution in [3.05, 3.63) is 34.3 Å². The van der Waals surface area contributed by atoms with Crippen molar-refractivity contribution in [3.8, 4) is 0 Å². The summed E-state index contributed by atoms with van der Waals surface area (Å²) < 4.78 is 31.5. The fraction of sp³-hybridized carbons (Fsp3) is 0.500. The smallest absolute Gasteiger partial charge is 0.257 e. The first-order chi connectivity index (χ1) is 10.3. The molecule has 0 aliphatic rings. The molecule has 8 heteroatoms. The maximum atomic E-state index is 12.5. The normalized spacial score (nSPS) is 11.2. The number of halogens is 2. The summed E-state index contributed by atoms with van der Waals surface area (Å²) in [4.78, 5) is 16.4. The van der Waals surface area contributed by atoms with E-state index in [2.05, 4.69) is 15.4 Å². The molecule has 120 valence electrons. The first kappa shape index (κ1) is 16.1. The summed E-state index contributed by atoms with van der Waals surface area (Å²) in [5.74, 6) is 0.726. The number of nitrogens with one attached hydrogen (secondary N) is 1. The van der Waals surface area contributed by atoms with Crippen LogP contribution >= 0.6 is 0 Å². The minimum atomic E-state index is -2.52.